The molecule has 2 N–H and O–H groups in total. The summed E-state index contributed by atoms with van der Waals surface area (Å²) >= 11 is 0. The van der Waals surface area contributed by atoms with Gasteiger partial charge in [0.25, 0.3) is 0 Å². The van der Waals surface area contributed by atoms with Gasteiger partial charge in [-0.15, -0.1) is 0 Å². The topological polar surface area (TPSA) is 35.5 Å². The molecule has 1 aromatic rings. The van der Waals surface area contributed by atoms with Crippen LogP contribution in [0.15, 0.2) is 30.3 Å². The van der Waals surface area contributed by atoms with Crippen molar-refractivity contribution in [3.8, 4) is 0 Å². The first-order chi connectivity index (χ1) is 8.96. The van der Waals surface area contributed by atoms with Crippen LogP contribution in [0.1, 0.15) is 31.2 Å². The van der Waals surface area contributed by atoms with Gasteiger partial charge >= 0.3 is 0 Å². The highest BCUT2D eigenvalue weighted by molar-refractivity contribution is 5.22. The summed E-state index contributed by atoms with van der Waals surface area (Å²) in [5, 5.41) is 13.7. The lowest BCUT2D eigenvalue weighted by Crippen LogP contribution is -2.50. The molecule has 1 unspecified atom stereocenters. The minimum atomic E-state index is -0.651. The van der Waals surface area contributed by atoms with Gasteiger partial charge in [-0.2, -0.15) is 0 Å². The number of nitrogens with zero attached hydrogens (tertiary/aromatic N) is 1. The van der Waals surface area contributed by atoms with Crippen LogP contribution in [0.3, 0.4) is 0 Å². The van der Waals surface area contributed by atoms with Crippen molar-refractivity contribution in [2.75, 3.05) is 27.2 Å². The van der Waals surface area contributed by atoms with Crippen molar-refractivity contribution in [3.05, 3.63) is 35.9 Å². The lowest BCUT2D eigenvalue weighted by molar-refractivity contribution is 0.0278. The molecule has 0 saturated heterocycles. The van der Waals surface area contributed by atoms with Crippen molar-refractivity contribution in [1.82, 2.24) is 10.2 Å². The maximum atomic E-state index is 10.2. The summed E-state index contributed by atoms with van der Waals surface area (Å²) in [4.78, 5) is 2.02. The molecule has 1 saturated carbocycles. The molecule has 0 aliphatic heterocycles. The minimum Gasteiger partial charge on any atom is -0.388 e. The molecule has 1 aliphatic rings. The second-order valence-corrected chi connectivity index (χ2v) is 6.39. The standard InChI is InChI=1S/C16H26N2O/c1-16(19,12-18(2)3)11-17-15-9-14(10-15)13-7-5-4-6-8-13/h4-8,14-15,17,19H,9-12H2,1-3H3. The number of rotatable bonds is 6. The number of likely N-dealkylation sites (N-methyl/N-ethyl adjacent to an activating group) is 1. The molecule has 0 heterocycles. The van der Waals surface area contributed by atoms with Crippen molar-refractivity contribution in [2.24, 2.45) is 0 Å². The lowest BCUT2D eigenvalue weighted by Gasteiger charge is -2.38. The first kappa shape index (κ1) is 14.5. The summed E-state index contributed by atoms with van der Waals surface area (Å²) in [5.41, 5.74) is 0.794. The smallest absolute Gasteiger partial charge is 0.0869 e. The Morgan fingerprint density at radius 2 is 1.89 bits per heavy atom. The number of hydrogen-bond donors (Lipinski definition) is 2. The molecule has 1 fully saturated rings. The zero-order valence-corrected chi connectivity index (χ0v) is 12.3. The fraction of sp³-hybridized carbons (Fsp3) is 0.625. The van der Waals surface area contributed by atoms with E-state index < -0.39 is 5.60 Å². The van der Waals surface area contributed by atoms with E-state index in [9.17, 15) is 5.11 Å². The average molecular weight is 262 g/mol. The van der Waals surface area contributed by atoms with E-state index in [1.807, 2.05) is 25.9 Å². The highest BCUT2D eigenvalue weighted by Crippen LogP contribution is 2.36. The van der Waals surface area contributed by atoms with E-state index in [-0.39, 0.29) is 0 Å². The molecule has 19 heavy (non-hydrogen) atoms. The van der Waals surface area contributed by atoms with Crippen LogP contribution in [0, 0.1) is 0 Å². The van der Waals surface area contributed by atoms with Crippen molar-refractivity contribution in [1.29, 1.82) is 0 Å². The van der Waals surface area contributed by atoms with Crippen LogP contribution in [0.4, 0.5) is 0 Å². The van der Waals surface area contributed by atoms with Gasteiger partial charge < -0.3 is 15.3 Å². The first-order valence-electron chi connectivity index (χ1n) is 7.12. The predicted molar refractivity (Wildman–Crippen MR) is 79.4 cm³/mol. The van der Waals surface area contributed by atoms with E-state index in [4.69, 9.17) is 0 Å². The van der Waals surface area contributed by atoms with E-state index >= 15 is 0 Å². The van der Waals surface area contributed by atoms with Gasteiger partial charge in [0.05, 0.1) is 5.60 Å². The minimum absolute atomic E-state index is 0.554. The maximum Gasteiger partial charge on any atom is 0.0869 e. The van der Waals surface area contributed by atoms with E-state index in [2.05, 4.69) is 35.6 Å². The Hall–Kier alpha value is -0.900. The molecule has 0 bridgehead atoms. The van der Waals surface area contributed by atoms with Gasteiger partial charge in [-0.3, -0.25) is 0 Å². The Morgan fingerprint density at radius 3 is 2.47 bits per heavy atom. The Labute approximate surface area is 116 Å². The van der Waals surface area contributed by atoms with E-state index in [1.165, 1.54) is 18.4 Å². The van der Waals surface area contributed by atoms with Crippen LogP contribution in [0.25, 0.3) is 0 Å². The Bertz CT molecular complexity index is 383. The molecule has 1 aromatic carbocycles. The molecular formula is C16H26N2O. The largest absolute Gasteiger partial charge is 0.388 e. The van der Waals surface area contributed by atoms with Gasteiger partial charge in [0.1, 0.15) is 0 Å². The summed E-state index contributed by atoms with van der Waals surface area (Å²) in [7, 11) is 3.98. The fourth-order valence-corrected chi connectivity index (χ4v) is 2.88. The molecule has 106 valence electrons. The Kier molecular flexibility index (Phi) is 4.61. The van der Waals surface area contributed by atoms with Gasteiger partial charge in [-0.1, -0.05) is 30.3 Å². The molecule has 0 amide bonds. The average Bonchev–Trinajstić information content (AvgIpc) is 2.26. The zero-order valence-electron chi connectivity index (χ0n) is 12.3. The van der Waals surface area contributed by atoms with Crippen LogP contribution in [0.2, 0.25) is 0 Å². The van der Waals surface area contributed by atoms with Crippen molar-refractivity contribution in [3.63, 3.8) is 0 Å². The van der Waals surface area contributed by atoms with E-state index in [0.717, 1.165) is 0 Å². The molecule has 3 heteroatoms. The highest BCUT2D eigenvalue weighted by Gasteiger charge is 2.31. The highest BCUT2D eigenvalue weighted by atomic mass is 16.3. The van der Waals surface area contributed by atoms with Crippen LogP contribution in [-0.4, -0.2) is 48.8 Å². The van der Waals surface area contributed by atoms with E-state index in [1.54, 1.807) is 0 Å². The van der Waals surface area contributed by atoms with Crippen molar-refractivity contribution < 1.29 is 5.11 Å². The SMILES string of the molecule is CN(C)CC(C)(O)CNC1CC(c2ccccc2)C1. The Morgan fingerprint density at radius 1 is 1.26 bits per heavy atom. The summed E-state index contributed by atoms with van der Waals surface area (Å²) in [6, 6.07) is 11.3. The number of aliphatic hydroxyl groups is 1. The molecule has 1 aliphatic carbocycles. The summed E-state index contributed by atoms with van der Waals surface area (Å²) < 4.78 is 0. The van der Waals surface area contributed by atoms with Gasteiger partial charge in [-0.05, 0) is 45.3 Å². The van der Waals surface area contributed by atoms with Crippen LogP contribution < -0.4 is 5.32 Å². The number of benzene rings is 1. The summed E-state index contributed by atoms with van der Waals surface area (Å²) in [5.74, 6) is 0.692. The first-order valence-corrected chi connectivity index (χ1v) is 7.12. The monoisotopic (exact) mass is 262 g/mol. The molecule has 0 radical (unpaired) electrons. The second-order valence-electron chi connectivity index (χ2n) is 6.39. The third-order valence-corrected chi connectivity index (χ3v) is 3.84. The second kappa shape index (κ2) is 6.04. The zero-order chi connectivity index (χ0) is 13.9. The fourth-order valence-electron chi connectivity index (χ4n) is 2.88. The molecule has 3 nitrogen and oxygen atoms in total. The van der Waals surface area contributed by atoms with Crippen LogP contribution in [0.5, 0.6) is 0 Å². The molecule has 0 aromatic heterocycles. The van der Waals surface area contributed by atoms with E-state index in [0.29, 0.717) is 25.0 Å². The normalized spacial score (nSPS) is 25.9. The van der Waals surface area contributed by atoms with Gasteiger partial charge in [0.15, 0.2) is 0 Å². The predicted octanol–water partition coefficient (Wildman–Crippen LogP) is 1.83. The van der Waals surface area contributed by atoms with Crippen LogP contribution >= 0.6 is 0 Å². The van der Waals surface area contributed by atoms with Gasteiger partial charge in [0.2, 0.25) is 0 Å². The summed E-state index contributed by atoms with van der Waals surface area (Å²) in [6.07, 6.45) is 2.37. The lowest BCUT2D eigenvalue weighted by atomic mass is 9.76. The van der Waals surface area contributed by atoms with Gasteiger partial charge in [-0.25, -0.2) is 0 Å². The molecule has 1 atom stereocenters. The quantitative estimate of drug-likeness (QED) is 0.821. The molecule has 0 spiro atoms. The molecule has 2 rings (SSSR count). The van der Waals surface area contributed by atoms with Crippen LogP contribution in [-0.2, 0) is 0 Å². The van der Waals surface area contributed by atoms with Crippen molar-refractivity contribution >= 4 is 0 Å². The third-order valence-electron chi connectivity index (χ3n) is 3.84. The van der Waals surface area contributed by atoms with Crippen molar-refractivity contribution in [2.45, 2.75) is 37.3 Å². The number of hydrogen-bond acceptors (Lipinski definition) is 3. The maximum absolute atomic E-state index is 10.2. The number of nitrogens with one attached hydrogen (secondary N) is 1. The summed E-state index contributed by atoms with van der Waals surface area (Å²) in [6.45, 7) is 3.25. The molecular weight excluding hydrogens is 236 g/mol. The van der Waals surface area contributed by atoms with Gasteiger partial charge in [0, 0.05) is 19.1 Å². The Balaban J connectivity index is 1.71. The third kappa shape index (κ3) is 4.30.